The second-order valence-electron chi connectivity index (χ2n) is 7.39. The maximum atomic E-state index is 12.5. The van der Waals surface area contributed by atoms with E-state index in [9.17, 15) is 13.2 Å². The third-order valence-corrected chi connectivity index (χ3v) is 5.38. The van der Waals surface area contributed by atoms with E-state index in [1.807, 2.05) is 0 Å². The molecule has 2 aromatic heterocycles. The van der Waals surface area contributed by atoms with E-state index in [2.05, 4.69) is 35.6 Å². The van der Waals surface area contributed by atoms with Crippen LogP contribution in [0, 0.1) is 0 Å². The van der Waals surface area contributed by atoms with Crippen LogP contribution in [0.15, 0.2) is 42.6 Å². The number of carbonyl (C=O) groups excluding carboxylic acids is 1. The standard InChI is InChI=1S/C20H23N7O3S/c1-31(29,30)27-15-5-2-4-14(10-15)24-20-23-11-13-7-8-17(25-18(13)26-20)19(28)22-12-16-6-3-9-21-16/h2,4-5,7-8,10-11,16,21,27H,3,6,9,12H2,1H3,(H,22,28)(H,23,24,25,26). The van der Waals surface area contributed by atoms with Crippen molar-refractivity contribution in [1.29, 1.82) is 0 Å². The molecule has 162 valence electrons. The summed E-state index contributed by atoms with van der Waals surface area (Å²) in [7, 11) is -3.38. The average molecular weight is 442 g/mol. The van der Waals surface area contributed by atoms with Crippen molar-refractivity contribution in [3.63, 3.8) is 0 Å². The molecule has 4 rings (SSSR count). The number of aromatic nitrogens is 3. The SMILES string of the molecule is CS(=O)(=O)Nc1cccc(Nc2ncc3ccc(C(=O)NCC4CCCN4)nc3n2)c1. The maximum absolute atomic E-state index is 12.5. The van der Waals surface area contributed by atoms with Crippen LogP contribution in [-0.2, 0) is 10.0 Å². The number of hydrogen-bond donors (Lipinski definition) is 4. The Morgan fingerprint density at radius 2 is 2.03 bits per heavy atom. The molecule has 0 bridgehead atoms. The molecule has 0 saturated carbocycles. The van der Waals surface area contributed by atoms with Gasteiger partial charge in [0.15, 0.2) is 5.65 Å². The molecule has 1 unspecified atom stereocenters. The first-order valence-electron chi connectivity index (χ1n) is 9.86. The van der Waals surface area contributed by atoms with Gasteiger partial charge in [0, 0.05) is 29.9 Å². The maximum Gasteiger partial charge on any atom is 0.270 e. The van der Waals surface area contributed by atoms with Gasteiger partial charge in [-0.25, -0.2) is 18.4 Å². The summed E-state index contributed by atoms with van der Waals surface area (Å²) < 4.78 is 25.3. The molecule has 31 heavy (non-hydrogen) atoms. The quantitative estimate of drug-likeness (QED) is 0.434. The van der Waals surface area contributed by atoms with E-state index in [1.165, 1.54) is 0 Å². The highest BCUT2D eigenvalue weighted by atomic mass is 32.2. The average Bonchev–Trinajstić information content (AvgIpc) is 3.24. The van der Waals surface area contributed by atoms with E-state index in [1.54, 1.807) is 42.6 Å². The molecule has 1 amide bonds. The lowest BCUT2D eigenvalue weighted by atomic mass is 10.2. The van der Waals surface area contributed by atoms with Gasteiger partial charge in [-0.1, -0.05) is 6.07 Å². The van der Waals surface area contributed by atoms with Crippen LogP contribution in [0.4, 0.5) is 17.3 Å². The first kappa shape index (κ1) is 20.9. The number of amides is 1. The molecule has 1 saturated heterocycles. The number of hydrogen-bond acceptors (Lipinski definition) is 8. The minimum absolute atomic E-state index is 0.247. The van der Waals surface area contributed by atoms with E-state index < -0.39 is 10.0 Å². The molecule has 1 atom stereocenters. The van der Waals surface area contributed by atoms with Crippen molar-refractivity contribution >= 4 is 44.3 Å². The zero-order valence-corrected chi connectivity index (χ0v) is 17.7. The summed E-state index contributed by atoms with van der Waals surface area (Å²) in [6, 6.07) is 10.4. The Morgan fingerprint density at radius 1 is 1.19 bits per heavy atom. The van der Waals surface area contributed by atoms with E-state index in [-0.39, 0.29) is 17.5 Å². The van der Waals surface area contributed by atoms with Crippen molar-refractivity contribution in [2.75, 3.05) is 29.4 Å². The fraction of sp³-hybridized carbons (Fsp3) is 0.300. The number of nitrogens with one attached hydrogen (secondary N) is 4. The van der Waals surface area contributed by atoms with E-state index >= 15 is 0 Å². The molecular formula is C20H23N7O3S. The van der Waals surface area contributed by atoms with Crippen molar-refractivity contribution in [3.05, 3.63) is 48.3 Å². The van der Waals surface area contributed by atoms with E-state index in [0.29, 0.717) is 35.0 Å². The molecule has 0 spiro atoms. The molecule has 1 aromatic carbocycles. The molecule has 1 fully saturated rings. The van der Waals surface area contributed by atoms with Gasteiger partial charge in [0.25, 0.3) is 5.91 Å². The van der Waals surface area contributed by atoms with Gasteiger partial charge in [0.05, 0.1) is 11.9 Å². The van der Waals surface area contributed by atoms with Crippen molar-refractivity contribution in [2.45, 2.75) is 18.9 Å². The lowest BCUT2D eigenvalue weighted by Gasteiger charge is -2.11. The summed E-state index contributed by atoms with van der Waals surface area (Å²) in [5.41, 5.74) is 1.69. The highest BCUT2D eigenvalue weighted by Crippen LogP contribution is 2.20. The van der Waals surface area contributed by atoms with E-state index in [0.717, 1.165) is 25.6 Å². The number of sulfonamides is 1. The lowest BCUT2D eigenvalue weighted by molar-refractivity contribution is 0.0945. The summed E-state index contributed by atoms with van der Waals surface area (Å²) in [4.78, 5) is 25.5. The second-order valence-corrected chi connectivity index (χ2v) is 9.13. The molecule has 0 radical (unpaired) electrons. The highest BCUT2D eigenvalue weighted by Gasteiger charge is 2.16. The first-order valence-corrected chi connectivity index (χ1v) is 11.8. The third kappa shape index (κ3) is 5.64. The Balaban J connectivity index is 1.49. The Kier molecular flexibility index (Phi) is 5.96. The Morgan fingerprint density at radius 3 is 2.81 bits per heavy atom. The molecule has 0 aliphatic carbocycles. The number of pyridine rings is 1. The Bertz CT molecular complexity index is 1210. The summed E-state index contributed by atoms with van der Waals surface area (Å²) in [6.07, 6.45) is 4.87. The van der Waals surface area contributed by atoms with Gasteiger partial charge in [0.1, 0.15) is 5.69 Å². The van der Waals surface area contributed by atoms with Gasteiger partial charge in [-0.3, -0.25) is 9.52 Å². The highest BCUT2D eigenvalue weighted by molar-refractivity contribution is 7.92. The number of anilines is 3. The largest absolute Gasteiger partial charge is 0.349 e. The molecule has 4 N–H and O–H groups in total. The van der Waals surface area contributed by atoms with Crippen LogP contribution in [0.2, 0.25) is 0 Å². The van der Waals surface area contributed by atoms with Crippen LogP contribution >= 0.6 is 0 Å². The third-order valence-electron chi connectivity index (χ3n) is 4.77. The van der Waals surface area contributed by atoms with Gasteiger partial charge < -0.3 is 16.0 Å². The Labute approximate surface area is 179 Å². The minimum atomic E-state index is -3.38. The van der Waals surface area contributed by atoms with Crippen molar-refractivity contribution in [1.82, 2.24) is 25.6 Å². The topological polar surface area (TPSA) is 138 Å². The predicted molar refractivity (Wildman–Crippen MR) is 119 cm³/mol. The monoisotopic (exact) mass is 441 g/mol. The van der Waals surface area contributed by atoms with Gasteiger partial charge in [-0.15, -0.1) is 0 Å². The lowest BCUT2D eigenvalue weighted by Crippen LogP contribution is -2.37. The van der Waals surface area contributed by atoms with Gasteiger partial charge in [0.2, 0.25) is 16.0 Å². The van der Waals surface area contributed by atoms with Crippen LogP contribution in [-0.4, -0.2) is 54.7 Å². The van der Waals surface area contributed by atoms with Crippen LogP contribution < -0.4 is 20.7 Å². The van der Waals surface area contributed by atoms with Gasteiger partial charge in [-0.2, -0.15) is 4.98 Å². The van der Waals surface area contributed by atoms with Crippen molar-refractivity contribution in [3.8, 4) is 0 Å². The molecule has 3 heterocycles. The summed E-state index contributed by atoms with van der Waals surface area (Å²) in [6.45, 7) is 1.54. The molecule has 1 aliphatic rings. The summed E-state index contributed by atoms with van der Waals surface area (Å²) in [5.74, 6) is 0.0347. The number of benzene rings is 1. The molecular weight excluding hydrogens is 418 g/mol. The summed E-state index contributed by atoms with van der Waals surface area (Å²) in [5, 5.41) is 9.97. The van der Waals surface area contributed by atoms with Gasteiger partial charge in [-0.05, 0) is 49.7 Å². The van der Waals surface area contributed by atoms with Crippen LogP contribution in [0.5, 0.6) is 0 Å². The molecule has 1 aliphatic heterocycles. The fourth-order valence-corrected chi connectivity index (χ4v) is 3.89. The van der Waals surface area contributed by atoms with Crippen molar-refractivity contribution < 1.29 is 13.2 Å². The van der Waals surface area contributed by atoms with Crippen LogP contribution in [0.1, 0.15) is 23.3 Å². The normalized spacial score (nSPS) is 16.2. The van der Waals surface area contributed by atoms with E-state index in [4.69, 9.17) is 0 Å². The van der Waals surface area contributed by atoms with Gasteiger partial charge >= 0.3 is 0 Å². The van der Waals surface area contributed by atoms with Crippen molar-refractivity contribution in [2.24, 2.45) is 0 Å². The summed E-state index contributed by atoms with van der Waals surface area (Å²) >= 11 is 0. The van der Waals surface area contributed by atoms with Crippen LogP contribution in [0.3, 0.4) is 0 Å². The number of nitrogens with zero attached hydrogens (tertiary/aromatic N) is 3. The number of rotatable bonds is 7. The molecule has 10 nitrogen and oxygen atoms in total. The zero-order chi connectivity index (χ0) is 21.8. The molecule has 3 aromatic rings. The number of carbonyl (C=O) groups is 1. The smallest absolute Gasteiger partial charge is 0.270 e. The Hall–Kier alpha value is -3.31. The first-order chi connectivity index (χ1) is 14.9. The number of fused-ring (bicyclic) bond motifs is 1. The zero-order valence-electron chi connectivity index (χ0n) is 16.9. The fourth-order valence-electron chi connectivity index (χ4n) is 3.34. The second kappa shape index (κ2) is 8.82. The molecule has 11 heteroatoms. The van der Waals surface area contributed by atoms with Crippen LogP contribution in [0.25, 0.3) is 11.0 Å². The predicted octanol–water partition coefficient (Wildman–Crippen LogP) is 1.62. The minimum Gasteiger partial charge on any atom is -0.349 e.